The molecule has 0 aliphatic carbocycles. The molecule has 1 heterocycles. The number of imide groups is 1. The van der Waals surface area contributed by atoms with Crippen LogP contribution >= 0.6 is 0 Å². The van der Waals surface area contributed by atoms with Crippen LogP contribution in [0.1, 0.15) is 58.5 Å². The number of hydrogen-bond acceptors (Lipinski definition) is 7. The van der Waals surface area contributed by atoms with Crippen LogP contribution in [0.4, 0.5) is 0 Å². The molecule has 0 saturated carbocycles. The van der Waals surface area contributed by atoms with E-state index in [-0.39, 0.29) is 29.9 Å². The van der Waals surface area contributed by atoms with E-state index in [0.717, 1.165) is 17.6 Å². The normalized spacial score (nSPS) is 14.8. The predicted octanol–water partition coefficient (Wildman–Crippen LogP) is 1.87. The summed E-state index contributed by atoms with van der Waals surface area (Å²) in [4.78, 5) is 78.0. The first-order valence-electron chi connectivity index (χ1n) is 12.9. The van der Waals surface area contributed by atoms with Crippen molar-refractivity contribution < 1.29 is 38.6 Å². The summed E-state index contributed by atoms with van der Waals surface area (Å²) in [5.41, 5.74) is 1.83. The summed E-state index contributed by atoms with van der Waals surface area (Å²) in [6.07, 6.45) is -0.651. The Kier molecular flexibility index (Phi) is 9.76. The Morgan fingerprint density at radius 1 is 0.900 bits per heavy atom. The van der Waals surface area contributed by atoms with Gasteiger partial charge in [0.25, 0.3) is 11.8 Å². The Hall–Kier alpha value is -4.54. The maximum Gasteiger partial charge on any atom is 0.328 e. The number of benzene rings is 2. The number of carbonyl (C=O) groups is 6. The van der Waals surface area contributed by atoms with Crippen LogP contribution in [0.25, 0.3) is 0 Å². The van der Waals surface area contributed by atoms with Gasteiger partial charge in [-0.25, -0.2) is 4.79 Å². The van der Waals surface area contributed by atoms with E-state index in [1.807, 2.05) is 26.8 Å². The van der Waals surface area contributed by atoms with Crippen LogP contribution in [0.2, 0.25) is 0 Å². The number of ether oxygens (including phenoxy) is 1. The van der Waals surface area contributed by atoms with E-state index in [2.05, 4.69) is 10.6 Å². The zero-order chi connectivity index (χ0) is 29.6. The van der Waals surface area contributed by atoms with Crippen LogP contribution in [0.3, 0.4) is 0 Å². The quantitative estimate of drug-likeness (QED) is 0.266. The molecule has 1 aliphatic heterocycles. The van der Waals surface area contributed by atoms with E-state index in [1.54, 1.807) is 30.3 Å². The van der Waals surface area contributed by atoms with Gasteiger partial charge in [-0.1, -0.05) is 55.8 Å². The lowest BCUT2D eigenvalue weighted by atomic mass is 10.0. The maximum absolute atomic E-state index is 13.7. The molecule has 3 rings (SSSR count). The third kappa shape index (κ3) is 7.10. The van der Waals surface area contributed by atoms with Crippen molar-refractivity contribution in [3.63, 3.8) is 0 Å². The van der Waals surface area contributed by atoms with E-state index < -0.39 is 60.1 Å². The highest BCUT2D eigenvalue weighted by Crippen LogP contribution is 2.26. The number of fused-ring (bicyclic) bond motifs is 1. The maximum atomic E-state index is 13.7. The van der Waals surface area contributed by atoms with Crippen molar-refractivity contribution in [1.82, 2.24) is 15.5 Å². The van der Waals surface area contributed by atoms with Crippen molar-refractivity contribution in [1.29, 1.82) is 0 Å². The summed E-state index contributed by atoms with van der Waals surface area (Å²) < 4.78 is 4.75. The molecule has 11 heteroatoms. The second kappa shape index (κ2) is 13.0. The number of carboxylic acid groups (broad SMARTS) is 1. The van der Waals surface area contributed by atoms with Gasteiger partial charge >= 0.3 is 11.9 Å². The van der Waals surface area contributed by atoms with E-state index in [4.69, 9.17) is 4.74 Å². The van der Waals surface area contributed by atoms with Gasteiger partial charge in [0.05, 0.1) is 24.7 Å². The van der Waals surface area contributed by atoms with E-state index in [1.165, 1.54) is 12.1 Å². The van der Waals surface area contributed by atoms with E-state index >= 15 is 0 Å². The molecular formula is C29H33N3O8. The number of esters is 1. The average Bonchev–Trinajstić information content (AvgIpc) is 3.15. The number of aryl methyl sites for hydroxylation is 1. The molecule has 0 saturated heterocycles. The molecule has 0 aromatic heterocycles. The van der Waals surface area contributed by atoms with Crippen LogP contribution in [0.15, 0.2) is 48.5 Å². The Bertz CT molecular complexity index is 1290. The molecular weight excluding hydrogens is 518 g/mol. The summed E-state index contributed by atoms with van der Waals surface area (Å²) >= 11 is 0. The third-order valence-electron chi connectivity index (χ3n) is 6.47. The molecule has 4 amide bonds. The summed E-state index contributed by atoms with van der Waals surface area (Å²) in [5.74, 6) is -5.25. The number of carboxylic acids is 1. The molecule has 3 atom stereocenters. The minimum absolute atomic E-state index is 0.00977. The van der Waals surface area contributed by atoms with Gasteiger partial charge in [-0.05, 0) is 37.0 Å². The molecule has 3 N–H and O–H groups in total. The molecule has 0 radical (unpaired) electrons. The SMILES string of the molecule is COC(=O)[C@H](CC(C)C)NC(=O)[C@H](CC(=O)O)NC(=O)[C@H](Cc1cccc(C)c1)N1C(=O)c2ccccc2C1=O. The number of rotatable bonds is 12. The average molecular weight is 552 g/mol. The summed E-state index contributed by atoms with van der Waals surface area (Å²) in [7, 11) is 1.16. The molecule has 40 heavy (non-hydrogen) atoms. The number of amides is 4. The molecule has 212 valence electrons. The molecule has 1 aliphatic rings. The largest absolute Gasteiger partial charge is 0.481 e. The molecule has 0 fully saturated rings. The van der Waals surface area contributed by atoms with E-state index in [9.17, 15) is 33.9 Å². The van der Waals surface area contributed by atoms with Crippen molar-refractivity contribution in [3.8, 4) is 0 Å². The van der Waals surface area contributed by atoms with Gasteiger partial charge in [-0.2, -0.15) is 0 Å². The lowest BCUT2D eigenvalue weighted by Crippen LogP contribution is -2.57. The molecule has 0 bridgehead atoms. The third-order valence-corrected chi connectivity index (χ3v) is 6.47. The molecule has 2 aromatic carbocycles. The topological polar surface area (TPSA) is 159 Å². The predicted molar refractivity (Wildman–Crippen MR) is 143 cm³/mol. The van der Waals surface area contributed by atoms with Crippen molar-refractivity contribution in [2.75, 3.05) is 7.11 Å². The summed E-state index contributed by atoms with van der Waals surface area (Å²) in [6.45, 7) is 5.51. The summed E-state index contributed by atoms with van der Waals surface area (Å²) in [5, 5.41) is 14.3. The van der Waals surface area contributed by atoms with Gasteiger partial charge in [-0.15, -0.1) is 0 Å². The fourth-order valence-corrected chi connectivity index (χ4v) is 4.61. The number of aliphatic carboxylic acids is 1. The van der Waals surface area contributed by atoms with Crippen LogP contribution in [-0.2, 0) is 30.3 Å². The fraction of sp³-hybridized carbons (Fsp3) is 0.379. The van der Waals surface area contributed by atoms with Crippen molar-refractivity contribution in [2.24, 2.45) is 5.92 Å². The van der Waals surface area contributed by atoms with Gasteiger partial charge in [0.2, 0.25) is 11.8 Å². The van der Waals surface area contributed by atoms with Crippen LogP contribution in [-0.4, -0.2) is 70.8 Å². The smallest absolute Gasteiger partial charge is 0.328 e. The van der Waals surface area contributed by atoms with Gasteiger partial charge in [0.1, 0.15) is 18.1 Å². The molecule has 11 nitrogen and oxygen atoms in total. The standard InChI is InChI=1S/C29H33N3O8/c1-16(2)12-22(29(39)40-4)31-25(35)21(15-24(33)34)30-26(36)23(14-18-9-7-8-17(3)13-18)32-27(37)19-10-5-6-11-20(19)28(32)38/h5-11,13,16,21-23H,12,14-15H2,1-4H3,(H,30,36)(H,31,35)(H,33,34)/t21-,22-,23-/m0/s1. The number of hydrogen-bond donors (Lipinski definition) is 3. The minimum Gasteiger partial charge on any atom is -0.481 e. The zero-order valence-corrected chi connectivity index (χ0v) is 22.8. The first-order valence-corrected chi connectivity index (χ1v) is 12.9. The Balaban J connectivity index is 1.93. The molecule has 2 aromatic rings. The highest BCUT2D eigenvalue weighted by molar-refractivity contribution is 6.23. The Morgan fingerprint density at radius 2 is 1.50 bits per heavy atom. The summed E-state index contributed by atoms with van der Waals surface area (Å²) in [6, 6.07) is 9.28. The second-order valence-corrected chi connectivity index (χ2v) is 10.1. The number of carbonyl (C=O) groups excluding carboxylic acids is 5. The first-order chi connectivity index (χ1) is 18.9. The lowest BCUT2D eigenvalue weighted by Gasteiger charge is -2.28. The number of nitrogens with zero attached hydrogens (tertiary/aromatic N) is 1. The van der Waals surface area contributed by atoms with Crippen LogP contribution < -0.4 is 10.6 Å². The Labute approximate surface area is 231 Å². The van der Waals surface area contributed by atoms with Crippen LogP contribution in [0.5, 0.6) is 0 Å². The van der Waals surface area contributed by atoms with Crippen molar-refractivity contribution in [2.45, 2.75) is 58.2 Å². The highest BCUT2D eigenvalue weighted by atomic mass is 16.5. The Morgan fingerprint density at radius 3 is 2.02 bits per heavy atom. The fourth-order valence-electron chi connectivity index (χ4n) is 4.61. The van der Waals surface area contributed by atoms with E-state index in [0.29, 0.717) is 5.56 Å². The van der Waals surface area contributed by atoms with Crippen molar-refractivity contribution in [3.05, 3.63) is 70.8 Å². The highest BCUT2D eigenvalue weighted by Gasteiger charge is 2.43. The van der Waals surface area contributed by atoms with Gasteiger partial charge in [-0.3, -0.25) is 28.9 Å². The number of nitrogens with one attached hydrogen (secondary N) is 2. The monoisotopic (exact) mass is 551 g/mol. The number of methoxy groups -OCH3 is 1. The van der Waals surface area contributed by atoms with Gasteiger partial charge < -0.3 is 20.5 Å². The van der Waals surface area contributed by atoms with Gasteiger partial charge in [0.15, 0.2) is 0 Å². The molecule has 0 spiro atoms. The van der Waals surface area contributed by atoms with Gasteiger partial charge in [0, 0.05) is 6.42 Å². The molecule has 0 unspecified atom stereocenters. The van der Waals surface area contributed by atoms with Crippen LogP contribution in [0, 0.1) is 12.8 Å². The second-order valence-electron chi connectivity index (χ2n) is 10.1. The lowest BCUT2D eigenvalue weighted by molar-refractivity contribution is -0.146. The van der Waals surface area contributed by atoms with Crippen molar-refractivity contribution >= 4 is 35.6 Å². The zero-order valence-electron chi connectivity index (χ0n) is 22.8. The minimum atomic E-state index is -1.60. The first kappa shape index (κ1) is 30.0.